The Bertz CT molecular complexity index is 358. The van der Waals surface area contributed by atoms with Crippen LogP contribution in [0.5, 0.6) is 0 Å². The molecule has 102 valence electrons. The van der Waals surface area contributed by atoms with E-state index in [1.807, 2.05) is 26.1 Å². The molecule has 0 spiro atoms. The molecule has 1 aliphatic carbocycles. The van der Waals surface area contributed by atoms with Crippen LogP contribution >= 0.6 is 0 Å². The van der Waals surface area contributed by atoms with Crippen molar-refractivity contribution in [2.24, 2.45) is 0 Å². The van der Waals surface area contributed by atoms with E-state index in [2.05, 4.69) is 9.78 Å². The molecule has 0 aliphatic heterocycles. The van der Waals surface area contributed by atoms with Crippen LogP contribution in [0.4, 0.5) is 0 Å². The molecule has 0 saturated heterocycles. The minimum absolute atomic E-state index is 0.133. The van der Waals surface area contributed by atoms with Gasteiger partial charge in [0.25, 0.3) is 0 Å². The third kappa shape index (κ3) is 3.33. The van der Waals surface area contributed by atoms with Gasteiger partial charge in [-0.15, -0.1) is 0 Å². The SMILES string of the molecule is CCOC(C)C(O)Cc1ccn(C2CCCC2)n1. The molecule has 2 rings (SSSR count). The second kappa shape index (κ2) is 6.34. The standard InChI is InChI=1S/C14H24N2O2/c1-3-18-11(2)14(17)10-12-8-9-16(15-12)13-6-4-5-7-13/h8-9,11,13-14,17H,3-7,10H2,1-2H3. The minimum atomic E-state index is -0.475. The summed E-state index contributed by atoms with van der Waals surface area (Å²) >= 11 is 0. The molecule has 4 heteroatoms. The average Bonchev–Trinajstić information content (AvgIpc) is 2.98. The molecule has 0 bridgehead atoms. The molecule has 1 aromatic rings. The smallest absolute Gasteiger partial charge is 0.0855 e. The molecule has 0 aromatic carbocycles. The van der Waals surface area contributed by atoms with E-state index in [0.29, 0.717) is 19.1 Å². The number of nitrogens with zero attached hydrogens (tertiary/aromatic N) is 2. The normalized spacial score (nSPS) is 20.2. The molecule has 1 saturated carbocycles. The van der Waals surface area contributed by atoms with Crippen molar-refractivity contribution in [3.05, 3.63) is 18.0 Å². The van der Waals surface area contributed by atoms with Crippen LogP contribution in [0, 0.1) is 0 Å². The van der Waals surface area contributed by atoms with Gasteiger partial charge in [-0.1, -0.05) is 12.8 Å². The Hall–Kier alpha value is -0.870. The topological polar surface area (TPSA) is 47.3 Å². The molecule has 1 fully saturated rings. The van der Waals surface area contributed by atoms with Gasteiger partial charge < -0.3 is 9.84 Å². The van der Waals surface area contributed by atoms with Gasteiger partial charge in [0.1, 0.15) is 0 Å². The predicted molar refractivity (Wildman–Crippen MR) is 70.5 cm³/mol. The fraction of sp³-hybridized carbons (Fsp3) is 0.786. The zero-order chi connectivity index (χ0) is 13.0. The number of aromatic nitrogens is 2. The number of rotatable bonds is 6. The van der Waals surface area contributed by atoms with E-state index in [1.165, 1.54) is 25.7 Å². The van der Waals surface area contributed by atoms with Gasteiger partial charge in [-0.05, 0) is 32.8 Å². The molecule has 1 N–H and O–H groups in total. The molecule has 2 unspecified atom stereocenters. The van der Waals surface area contributed by atoms with Gasteiger partial charge in [0.05, 0.1) is 23.9 Å². The fourth-order valence-corrected chi connectivity index (χ4v) is 2.61. The van der Waals surface area contributed by atoms with Crippen molar-refractivity contribution in [1.82, 2.24) is 9.78 Å². The first-order valence-electron chi connectivity index (χ1n) is 7.04. The third-order valence-electron chi connectivity index (χ3n) is 3.75. The predicted octanol–water partition coefficient (Wildman–Crippen LogP) is 2.33. The Balaban J connectivity index is 1.89. The van der Waals surface area contributed by atoms with E-state index in [0.717, 1.165) is 5.69 Å². The zero-order valence-electron chi connectivity index (χ0n) is 11.4. The van der Waals surface area contributed by atoms with E-state index >= 15 is 0 Å². The first kappa shape index (κ1) is 13.6. The van der Waals surface area contributed by atoms with Crippen LogP contribution in [0.3, 0.4) is 0 Å². The Morgan fingerprint density at radius 1 is 1.50 bits per heavy atom. The molecule has 18 heavy (non-hydrogen) atoms. The molecular weight excluding hydrogens is 228 g/mol. The lowest BCUT2D eigenvalue weighted by atomic mass is 10.1. The highest BCUT2D eigenvalue weighted by Gasteiger charge is 2.19. The Morgan fingerprint density at radius 2 is 2.22 bits per heavy atom. The van der Waals surface area contributed by atoms with Crippen molar-refractivity contribution < 1.29 is 9.84 Å². The second-order valence-corrected chi connectivity index (χ2v) is 5.16. The van der Waals surface area contributed by atoms with Gasteiger partial charge in [0.15, 0.2) is 0 Å². The summed E-state index contributed by atoms with van der Waals surface area (Å²) in [6.07, 6.45) is 7.10. The van der Waals surface area contributed by atoms with E-state index < -0.39 is 6.10 Å². The van der Waals surface area contributed by atoms with Gasteiger partial charge in [-0.25, -0.2) is 0 Å². The van der Waals surface area contributed by atoms with E-state index in [9.17, 15) is 5.11 Å². The van der Waals surface area contributed by atoms with Gasteiger partial charge in [0.2, 0.25) is 0 Å². The van der Waals surface area contributed by atoms with Gasteiger partial charge in [-0.3, -0.25) is 4.68 Å². The summed E-state index contributed by atoms with van der Waals surface area (Å²) in [5.41, 5.74) is 0.959. The summed E-state index contributed by atoms with van der Waals surface area (Å²) in [4.78, 5) is 0. The highest BCUT2D eigenvalue weighted by molar-refractivity contribution is 5.02. The Morgan fingerprint density at radius 3 is 2.89 bits per heavy atom. The van der Waals surface area contributed by atoms with Crippen LogP contribution in [0.2, 0.25) is 0 Å². The highest BCUT2D eigenvalue weighted by atomic mass is 16.5. The summed E-state index contributed by atoms with van der Waals surface area (Å²) in [5.74, 6) is 0. The van der Waals surface area contributed by atoms with Crippen molar-refractivity contribution in [1.29, 1.82) is 0 Å². The number of hydrogen-bond acceptors (Lipinski definition) is 3. The Kier molecular flexibility index (Phi) is 4.78. The molecule has 2 atom stereocenters. The Labute approximate surface area is 109 Å². The second-order valence-electron chi connectivity index (χ2n) is 5.16. The summed E-state index contributed by atoms with van der Waals surface area (Å²) in [6, 6.07) is 2.58. The number of ether oxygens (including phenoxy) is 1. The first-order chi connectivity index (χ1) is 8.70. The van der Waals surface area contributed by atoms with E-state index in [-0.39, 0.29) is 6.10 Å². The summed E-state index contributed by atoms with van der Waals surface area (Å²) in [5, 5.41) is 14.6. The third-order valence-corrected chi connectivity index (χ3v) is 3.75. The molecular formula is C14H24N2O2. The number of aliphatic hydroxyl groups is 1. The molecule has 1 aliphatic rings. The van der Waals surface area contributed by atoms with Crippen LogP contribution in [0.1, 0.15) is 51.3 Å². The lowest BCUT2D eigenvalue weighted by Gasteiger charge is -2.17. The van der Waals surface area contributed by atoms with Gasteiger partial charge in [-0.2, -0.15) is 5.10 Å². The van der Waals surface area contributed by atoms with Crippen LogP contribution < -0.4 is 0 Å². The number of aliphatic hydroxyl groups excluding tert-OH is 1. The van der Waals surface area contributed by atoms with Crippen molar-refractivity contribution in [3.63, 3.8) is 0 Å². The zero-order valence-corrected chi connectivity index (χ0v) is 11.4. The molecule has 0 radical (unpaired) electrons. The number of hydrogen-bond donors (Lipinski definition) is 1. The molecule has 1 aromatic heterocycles. The lowest BCUT2D eigenvalue weighted by molar-refractivity contribution is -0.0212. The largest absolute Gasteiger partial charge is 0.390 e. The van der Waals surface area contributed by atoms with Crippen molar-refractivity contribution >= 4 is 0 Å². The van der Waals surface area contributed by atoms with Crippen LogP contribution in [0.15, 0.2) is 12.3 Å². The van der Waals surface area contributed by atoms with Crippen LogP contribution in [-0.4, -0.2) is 33.7 Å². The van der Waals surface area contributed by atoms with E-state index in [4.69, 9.17) is 4.74 Å². The maximum absolute atomic E-state index is 10.0. The van der Waals surface area contributed by atoms with Crippen molar-refractivity contribution in [2.45, 2.75) is 64.2 Å². The highest BCUT2D eigenvalue weighted by Crippen LogP contribution is 2.28. The molecule has 4 nitrogen and oxygen atoms in total. The molecule has 0 amide bonds. The van der Waals surface area contributed by atoms with Crippen molar-refractivity contribution in [2.75, 3.05) is 6.61 Å². The minimum Gasteiger partial charge on any atom is -0.390 e. The quantitative estimate of drug-likeness (QED) is 0.845. The van der Waals surface area contributed by atoms with Crippen molar-refractivity contribution in [3.8, 4) is 0 Å². The van der Waals surface area contributed by atoms with Gasteiger partial charge in [0, 0.05) is 19.2 Å². The maximum Gasteiger partial charge on any atom is 0.0855 e. The average molecular weight is 252 g/mol. The summed E-state index contributed by atoms with van der Waals surface area (Å²) < 4.78 is 7.47. The van der Waals surface area contributed by atoms with Crippen LogP contribution in [0.25, 0.3) is 0 Å². The fourth-order valence-electron chi connectivity index (χ4n) is 2.61. The summed E-state index contributed by atoms with van der Waals surface area (Å²) in [6.45, 7) is 4.48. The van der Waals surface area contributed by atoms with Crippen LogP contribution in [-0.2, 0) is 11.2 Å². The summed E-state index contributed by atoms with van der Waals surface area (Å²) in [7, 11) is 0. The maximum atomic E-state index is 10.0. The van der Waals surface area contributed by atoms with E-state index in [1.54, 1.807) is 0 Å². The first-order valence-corrected chi connectivity index (χ1v) is 7.04. The lowest BCUT2D eigenvalue weighted by Crippen LogP contribution is -2.28. The monoisotopic (exact) mass is 252 g/mol. The van der Waals surface area contributed by atoms with Gasteiger partial charge >= 0.3 is 0 Å². The molecule has 1 heterocycles.